The summed E-state index contributed by atoms with van der Waals surface area (Å²) in [7, 11) is 1.52. The molecule has 1 fully saturated rings. The number of nitrogens with zero attached hydrogens (tertiary/aromatic N) is 5. The summed E-state index contributed by atoms with van der Waals surface area (Å²) in [6.07, 6.45) is -5.59. The van der Waals surface area contributed by atoms with Gasteiger partial charge in [-0.25, -0.2) is 14.6 Å². The van der Waals surface area contributed by atoms with Crippen LogP contribution in [0.2, 0.25) is 0 Å². The highest BCUT2D eigenvalue weighted by atomic mass is 19.4. The van der Waals surface area contributed by atoms with Crippen LogP contribution in [-0.2, 0) is 16.0 Å². The third-order valence-corrected chi connectivity index (χ3v) is 8.29. The molecule has 2 atom stereocenters. The first-order valence-electron chi connectivity index (χ1n) is 15.5. The number of hydrogen-bond acceptors (Lipinski definition) is 7. The van der Waals surface area contributed by atoms with Crippen molar-refractivity contribution in [1.29, 1.82) is 0 Å². The molecule has 2 aromatic heterocycles. The highest BCUT2D eigenvalue weighted by Crippen LogP contribution is 2.48. The number of hydrogen-bond donors (Lipinski definition) is 0. The number of alkyl halides is 3. The summed E-state index contributed by atoms with van der Waals surface area (Å²) in [4.78, 5) is 33.0. The second-order valence-corrected chi connectivity index (χ2v) is 12.7. The van der Waals surface area contributed by atoms with E-state index in [1.54, 1.807) is 35.2 Å². The molecule has 2 amide bonds. The largest absolute Gasteiger partial charge is 0.497 e. The molecule has 4 heterocycles. The Labute approximate surface area is 270 Å². The molecular formula is C34H36F3N5O5. The number of ether oxygens (including phenoxy) is 3. The normalized spacial score (nSPS) is 18.8. The van der Waals surface area contributed by atoms with Crippen molar-refractivity contribution in [2.45, 2.75) is 70.5 Å². The van der Waals surface area contributed by atoms with Gasteiger partial charge >= 0.3 is 18.4 Å². The quantitative estimate of drug-likeness (QED) is 0.217. The van der Waals surface area contributed by atoms with Crippen LogP contribution >= 0.6 is 0 Å². The van der Waals surface area contributed by atoms with Gasteiger partial charge in [-0.3, -0.25) is 9.58 Å². The van der Waals surface area contributed by atoms with Crippen LogP contribution in [0.15, 0.2) is 60.8 Å². The number of anilines is 1. The second-order valence-electron chi connectivity index (χ2n) is 12.7. The van der Waals surface area contributed by atoms with Crippen molar-refractivity contribution in [3.63, 3.8) is 0 Å². The highest BCUT2D eigenvalue weighted by Gasteiger charge is 2.51. The Kier molecular flexibility index (Phi) is 8.49. The minimum atomic E-state index is -4.90. The van der Waals surface area contributed by atoms with Gasteiger partial charge in [-0.15, -0.1) is 0 Å². The summed E-state index contributed by atoms with van der Waals surface area (Å²) < 4.78 is 61.5. The lowest BCUT2D eigenvalue weighted by atomic mass is 9.97. The predicted octanol–water partition coefficient (Wildman–Crippen LogP) is 7.83. The molecule has 4 aromatic rings. The zero-order valence-electron chi connectivity index (χ0n) is 26.6. The maximum atomic E-state index is 14.6. The molecule has 2 aliphatic rings. The number of para-hydroxylation sites is 1. The summed E-state index contributed by atoms with van der Waals surface area (Å²) in [6.45, 7) is 6.37. The Hall–Kier alpha value is -4.81. The fourth-order valence-corrected chi connectivity index (χ4v) is 6.13. The summed E-state index contributed by atoms with van der Waals surface area (Å²) in [5.74, 6) is 0.458. The van der Waals surface area contributed by atoms with E-state index >= 15 is 0 Å². The molecular weight excluding hydrogens is 615 g/mol. The Morgan fingerprint density at radius 2 is 1.77 bits per heavy atom. The van der Waals surface area contributed by atoms with E-state index < -0.39 is 24.0 Å². The molecule has 0 spiro atoms. The molecule has 13 heteroatoms. The predicted molar refractivity (Wildman–Crippen MR) is 168 cm³/mol. The van der Waals surface area contributed by atoms with Crippen LogP contribution in [0.1, 0.15) is 63.3 Å². The van der Waals surface area contributed by atoms with Crippen molar-refractivity contribution >= 4 is 28.9 Å². The Morgan fingerprint density at radius 3 is 2.47 bits per heavy atom. The van der Waals surface area contributed by atoms with Crippen molar-refractivity contribution in [2.75, 3.05) is 25.1 Å². The molecule has 0 N–H and O–H groups in total. The number of rotatable bonds is 5. The van der Waals surface area contributed by atoms with E-state index in [4.69, 9.17) is 19.3 Å². The number of fused-ring (bicyclic) bond motifs is 2. The number of aromatic nitrogens is 3. The van der Waals surface area contributed by atoms with Crippen LogP contribution in [0.5, 0.6) is 5.75 Å². The lowest BCUT2D eigenvalue weighted by Crippen LogP contribution is -2.42. The van der Waals surface area contributed by atoms with Crippen LogP contribution in [0.25, 0.3) is 22.2 Å². The number of carbonyl (C=O) groups excluding carboxylic acids is 2. The summed E-state index contributed by atoms with van der Waals surface area (Å²) in [6, 6.07) is 15.6. The monoisotopic (exact) mass is 651 g/mol. The highest BCUT2D eigenvalue weighted by molar-refractivity contribution is 5.97. The molecule has 1 unspecified atom stereocenters. The van der Waals surface area contributed by atoms with Crippen molar-refractivity contribution in [3.8, 4) is 17.0 Å². The minimum absolute atomic E-state index is 0.0672. The molecule has 0 saturated carbocycles. The van der Waals surface area contributed by atoms with Gasteiger partial charge in [-0.1, -0.05) is 30.3 Å². The number of halogens is 3. The molecule has 1 saturated heterocycles. The van der Waals surface area contributed by atoms with E-state index in [-0.39, 0.29) is 35.6 Å². The maximum Gasteiger partial charge on any atom is 0.430 e. The smallest absolute Gasteiger partial charge is 0.430 e. The van der Waals surface area contributed by atoms with Gasteiger partial charge in [0.2, 0.25) is 6.10 Å². The second kappa shape index (κ2) is 12.4. The van der Waals surface area contributed by atoms with Gasteiger partial charge in [0.05, 0.1) is 30.8 Å². The lowest BCUT2D eigenvalue weighted by Gasteiger charge is -2.34. The molecule has 6 rings (SSSR count). The van der Waals surface area contributed by atoms with Crippen LogP contribution in [0, 0.1) is 0 Å². The Balaban J connectivity index is 1.40. The average molecular weight is 652 g/mol. The van der Waals surface area contributed by atoms with Crippen molar-refractivity contribution < 1.29 is 37.0 Å². The van der Waals surface area contributed by atoms with Gasteiger partial charge in [0.25, 0.3) is 0 Å². The third kappa shape index (κ3) is 6.56. The van der Waals surface area contributed by atoms with Crippen molar-refractivity contribution in [1.82, 2.24) is 19.7 Å². The van der Waals surface area contributed by atoms with Crippen LogP contribution < -0.4 is 9.64 Å². The van der Waals surface area contributed by atoms with E-state index in [1.165, 1.54) is 19.4 Å². The van der Waals surface area contributed by atoms with E-state index in [1.807, 2.05) is 43.7 Å². The van der Waals surface area contributed by atoms with Crippen molar-refractivity contribution in [2.24, 2.45) is 0 Å². The SMILES string of the molecule is COc1ccc(CN2C(=O)O[C@@H](C(F)(F)F)c3c(-c4nn(C5CCCN(C(=O)OC(C)(C)C)CC5)c5ccccc45)ccnc32)cc1. The van der Waals surface area contributed by atoms with E-state index in [0.29, 0.717) is 54.7 Å². The number of benzene rings is 2. The Bertz CT molecular complexity index is 1780. The molecule has 47 heavy (non-hydrogen) atoms. The fraction of sp³-hybridized carbons (Fsp3) is 0.412. The topological polar surface area (TPSA) is 99.0 Å². The Morgan fingerprint density at radius 1 is 1.02 bits per heavy atom. The van der Waals surface area contributed by atoms with Gasteiger partial charge in [-0.2, -0.15) is 18.3 Å². The molecule has 0 radical (unpaired) electrons. The third-order valence-electron chi connectivity index (χ3n) is 8.29. The van der Waals surface area contributed by atoms with Gasteiger partial charge in [0, 0.05) is 30.2 Å². The maximum absolute atomic E-state index is 14.6. The van der Waals surface area contributed by atoms with Gasteiger partial charge in [-0.05, 0) is 69.9 Å². The van der Waals surface area contributed by atoms with E-state index in [2.05, 4.69) is 4.98 Å². The first-order valence-corrected chi connectivity index (χ1v) is 15.5. The molecule has 0 aliphatic carbocycles. The van der Waals surface area contributed by atoms with Crippen LogP contribution in [0.4, 0.5) is 28.6 Å². The molecule has 2 aliphatic heterocycles. The number of likely N-dealkylation sites (tertiary alicyclic amines) is 1. The van der Waals surface area contributed by atoms with Crippen LogP contribution in [-0.4, -0.2) is 63.8 Å². The standard InChI is InChI=1S/C34H36F3N5O5/c1-33(2,3)47-31(43)40-18-7-8-22(16-19-40)42-26-10-6-5-9-24(26)28(39-42)25-15-17-38-30-27(25)29(34(35,36)37)46-32(44)41(30)20-21-11-13-23(45-4)14-12-21/h5-6,9-15,17,22,29H,7-8,16,18-20H2,1-4H3/t22?,29-/m1/s1. The minimum Gasteiger partial charge on any atom is -0.497 e. The van der Waals surface area contributed by atoms with E-state index in [9.17, 15) is 22.8 Å². The van der Waals surface area contributed by atoms with Crippen LogP contribution in [0.3, 0.4) is 0 Å². The van der Waals surface area contributed by atoms with Gasteiger partial charge < -0.3 is 19.1 Å². The summed E-state index contributed by atoms with van der Waals surface area (Å²) >= 11 is 0. The van der Waals surface area contributed by atoms with Gasteiger partial charge in [0.1, 0.15) is 22.9 Å². The number of carbonyl (C=O) groups is 2. The first-order chi connectivity index (χ1) is 22.3. The average Bonchev–Trinajstić information content (AvgIpc) is 3.22. The molecule has 10 nitrogen and oxygen atoms in total. The first kappa shape index (κ1) is 32.1. The molecule has 2 aromatic carbocycles. The zero-order chi connectivity index (χ0) is 33.5. The number of methoxy groups -OCH3 is 1. The zero-order valence-corrected chi connectivity index (χ0v) is 26.6. The molecule has 0 bridgehead atoms. The number of cyclic esters (lactones) is 1. The van der Waals surface area contributed by atoms with Crippen molar-refractivity contribution in [3.05, 3.63) is 71.9 Å². The van der Waals surface area contributed by atoms with E-state index in [0.717, 1.165) is 10.4 Å². The number of pyridine rings is 1. The van der Waals surface area contributed by atoms with Gasteiger partial charge in [0.15, 0.2) is 0 Å². The fourth-order valence-electron chi connectivity index (χ4n) is 6.13. The molecule has 248 valence electrons. The lowest BCUT2D eigenvalue weighted by molar-refractivity contribution is -0.207. The number of amides is 2. The summed E-state index contributed by atoms with van der Waals surface area (Å²) in [5.41, 5.74) is 0.991. The summed E-state index contributed by atoms with van der Waals surface area (Å²) in [5, 5.41) is 5.59.